The van der Waals surface area contributed by atoms with E-state index in [1.807, 2.05) is 0 Å². The Kier molecular flexibility index (Phi) is 5.33. The SMILES string of the molecule is Cc1noc(C)c1S(=O)(=O)NCC(=O)N1CCN(C(=O)c2ccco2)CC1. The molecule has 27 heavy (non-hydrogen) atoms. The van der Waals surface area contributed by atoms with Crippen LogP contribution in [0.1, 0.15) is 22.0 Å². The molecule has 1 aliphatic heterocycles. The summed E-state index contributed by atoms with van der Waals surface area (Å²) in [5.74, 6) is -0.179. The molecule has 1 fully saturated rings. The molecule has 3 heterocycles. The van der Waals surface area contributed by atoms with Crippen molar-refractivity contribution in [3.63, 3.8) is 0 Å². The summed E-state index contributed by atoms with van der Waals surface area (Å²) >= 11 is 0. The number of carbonyl (C=O) groups is 2. The highest BCUT2D eigenvalue weighted by Gasteiger charge is 2.28. The molecular formula is C16H20N4O6S. The highest BCUT2D eigenvalue weighted by Crippen LogP contribution is 2.18. The zero-order valence-electron chi connectivity index (χ0n) is 15.0. The first kappa shape index (κ1) is 19.1. The van der Waals surface area contributed by atoms with Crippen molar-refractivity contribution in [3.8, 4) is 0 Å². The van der Waals surface area contributed by atoms with Gasteiger partial charge in [0.15, 0.2) is 11.5 Å². The van der Waals surface area contributed by atoms with Crippen LogP contribution in [0, 0.1) is 13.8 Å². The Bertz CT molecular complexity index is 907. The predicted molar refractivity (Wildman–Crippen MR) is 92.4 cm³/mol. The van der Waals surface area contributed by atoms with E-state index in [0.29, 0.717) is 26.2 Å². The zero-order chi connectivity index (χ0) is 19.6. The lowest BCUT2D eigenvalue weighted by molar-refractivity contribution is -0.131. The Morgan fingerprint density at radius 3 is 2.41 bits per heavy atom. The summed E-state index contributed by atoms with van der Waals surface area (Å²) in [5, 5.41) is 3.61. The molecule has 0 spiro atoms. The fourth-order valence-corrected chi connectivity index (χ4v) is 4.21. The quantitative estimate of drug-likeness (QED) is 0.762. The van der Waals surface area contributed by atoms with Gasteiger partial charge in [0.1, 0.15) is 10.6 Å². The maximum atomic E-state index is 12.3. The number of sulfonamides is 1. The van der Waals surface area contributed by atoms with Gasteiger partial charge in [0.05, 0.1) is 12.8 Å². The van der Waals surface area contributed by atoms with E-state index in [1.165, 1.54) is 25.0 Å². The Morgan fingerprint density at radius 2 is 1.85 bits per heavy atom. The van der Waals surface area contributed by atoms with Gasteiger partial charge in [-0.25, -0.2) is 13.1 Å². The van der Waals surface area contributed by atoms with E-state index < -0.39 is 10.0 Å². The molecule has 1 N–H and O–H groups in total. The third-order valence-electron chi connectivity index (χ3n) is 4.30. The summed E-state index contributed by atoms with van der Waals surface area (Å²) in [6, 6.07) is 3.22. The van der Waals surface area contributed by atoms with Crippen molar-refractivity contribution in [2.24, 2.45) is 0 Å². The summed E-state index contributed by atoms with van der Waals surface area (Å²) in [7, 11) is -3.90. The summed E-state index contributed by atoms with van der Waals surface area (Å²) < 4.78 is 36.9. The number of hydrogen-bond acceptors (Lipinski definition) is 7. The van der Waals surface area contributed by atoms with Gasteiger partial charge >= 0.3 is 0 Å². The van der Waals surface area contributed by atoms with E-state index >= 15 is 0 Å². The third-order valence-corrected chi connectivity index (χ3v) is 5.95. The van der Waals surface area contributed by atoms with Crippen LogP contribution in [-0.4, -0.2) is 67.9 Å². The minimum Gasteiger partial charge on any atom is -0.459 e. The van der Waals surface area contributed by atoms with Crippen molar-refractivity contribution in [2.45, 2.75) is 18.7 Å². The first-order valence-corrected chi connectivity index (χ1v) is 9.81. The lowest BCUT2D eigenvalue weighted by Gasteiger charge is -2.34. The Balaban J connectivity index is 1.53. The predicted octanol–water partition coefficient (Wildman–Crippen LogP) is 0.147. The van der Waals surface area contributed by atoms with Crippen molar-refractivity contribution < 1.29 is 26.9 Å². The molecular weight excluding hydrogens is 376 g/mol. The molecule has 0 atom stereocenters. The molecule has 0 unspecified atom stereocenters. The van der Waals surface area contributed by atoms with Gasteiger partial charge in [-0.2, -0.15) is 0 Å². The minimum absolute atomic E-state index is 0.0517. The molecule has 0 bridgehead atoms. The number of nitrogens with zero attached hydrogens (tertiary/aromatic N) is 3. The highest BCUT2D eigenvalue weighted by atomic mass is 32.2. The van der Waals surface area contributed by atoms with Crippen molar-refractivity contribution in [3.05, 3.63) is 35.6 Å². The van der Waals surface area contributed by atoms with Gasteiger partial charge in [-0.3, -0.25) is 9.59 Å². The van der Waals surface area contributed by atoms with Crippen LogP contribution in [-0.2, 0) is 14.8 Å². The first-order chi connectivity index (χ1) is 12.8. The van der Waals surface area contributed by atoms with Crippen LogP contribution in [0.2, 0.25) is 0 Å². The van der Waals surface area contributed by atoms with E-state index in [9.17, 15) is 18.0 Å². The topological polar surface area (TPSA) is 126 Å². The van der Waals surface area contributed by atoms with Gasteiger partial charge in [-0.15, -0.1) is 0 Å². The maximum absolute atomic E-state index is 12.3. The summed E-state index contributed by atoms with van der Waals surface area (Å²) in [4.78, 5) is 27.6. The molecule has 0 aliphatic carbocycles. The van der Waals surface area contributed by atoms with Crippen molar-refractivity contribution in [1.82, 2.24) is 19.7 Å². The number of rotatable bonds is 5. The second-order valence-electron chi connectivity index (χ2n) is 6.13. The van der Waals surface area contributed by atoms with Crippen LogP contribution in [0.15, 0.2) is 32.2 Å². The molecule has 2 aromatic rings. The first-order valence-electron chi connectivity index (χ1n) is 8.32. The van der Waals surface area contributed by atoms with Gasteiger partial charge < -0.3 is 18.7 Å². The second-order valence-corrected chi connectivity index (χ2v) is 7.83. The molecule has 2 aromatic heterocycles. The summed E-state index contributed by atoms with van der Waals surface area (Å²) in [6.07, 6.45) is 1.43. The Hall–Kier alpha value is -2.66. The zero-order valence-corrected chi connectivity index (χ0v) is 15.8. The van der Waals surface area contributed by atoms with Crippen molar-refractivity contribution >= 4 is 21.8 Å². The number of carbonyl (C=O) groups excluding carboxylic acids is 2. The minimum atomic E-state index is -3.90. The van der Waals surface area contributed by atoms with E-state index in [2.05, 4.69) is 9.88 Å². The molecule has 11 heteroatoms. The lowest BCUT2D eigenvalue weighted by atomic mass is 10.3. The van der Waals surface area contributed by atoms with Crippen LogP contribution >= 0.6 is 0 Å². The number of aryl methyl sites for hydroxylation is 2. The second kappa shape index (κ2) is 7.53. The molecule has 0 radical (unpaired) electrons. The van der Waals surface area contributed by atoms with E-state index in [4.69, 9.17) is 8.94 Å². The van der Waals surface area contributed by atoms with Gasteiger partial charge in [0.25, 0.3) is 5.91 Å². The Morgan fingerprint density at radius 1 is 1.19 bits per heavy atom. The number of aromatic nitrogens is 1. The van der Waals surface area contributed by atoms with Crippen molar-refractivity contribution in [2.75, 3.05) is 32.7 Å². The monoisotopic (exact) mass is 396 g/mol. The van der Waals surface area contributed by atoms with Crippen molar-refractivity contribution in [1.29, 1.82) is 0 Å². The molecule has 0 aromatic carbocycles. The smallest absolute Gasteiger partial charge is 0.289 e. The highest BCUT2D eigenvalue weighted by molar-refractivity contribution is 7.89. The van der Waals surface area contributed by atoms with Gasteiger partial charge in [0, 0.05) is 26.2 Å². The van der Waals surface area contributed by atoms with E-state index in [-0.39, 0.29) is 40.5 Å². The van der Waals surface area contributed by atoms with Gasteiger partial charge in [-0.1, -0.05) is 5.16 Å². The number of amides is 2. The Labute approximate surface area is 156 Å². The normalized spacial score (nSPS) is 15.2. The number of furan rings is 1. The fourth-order valence-electron chi connectivity index (χ4n) is 2.91. The van der Waals surface area contributed by atoms with Gasteiger partial charge in [-0.05, 0) is 26.0 Å². The molecule has 1 saturated heterocycles. The molecule has 10 nitrogen and oxygen atoms in total. The molecule has 2 amide bonds. The van der Waals surface area contributed by atoms with Gasteiger partial charge in [0.2, 0.25) is 15.9 Å². The number of nitrogens with one attached hydrogen (secondary N) is 1. The standard InChI is InChI=1S/C16H20N4O6S/c1-11-15(12(2)26-18-11)27(23,24)17-10-14(21)19-5-7-20(8-6-19)16(22)13-4-3-9-25-13/h3-4,9,17H,5-8,10H2,1-2H3. The molecule has 0 saturated carbocycles. The lowest BCUT2D eigenvalue weighted by Crippen LogP contribution is -2.52. The molecule has 3 rings (SSSR count). The van der Waals surface area contributed by atoms with Crippen LogP contribution < -0.4 is 4.72 Å². The van der Waals surface area contributed by atoms with Crippen LogP contribution in [0.25, 0.3) is 0 Å². The average molecular weight is 396 g/mol. The molecule has 146 valence electrons. The van der Waals surface area contributed by atoms with Crippen LogP contribution in [0.4, 0.5) is 0 Å². The summed E-state index contributed by atoms with van der Waals surface area (Å²) in [6.45, 7) is 3.97. The summed E-state index contributed by atoms with van der Waals surface area (Å²) in [5.41, 5.74) is 0.234. The fraction of sp³-hybridized carbons (Fsp3) is 0.438. The maximum Gasteiger partial charge on any atom is 0.289 e. The van der Waals surface area contributed by atoms with Crippen LogP contribution in [0.3, 0.4) is 0 Å². The van der Waals surface area contributed by atoms with Crippen LogP contribution in [0.5, 0.6) is 0 Å². The number of piperazine rings is 1. The largest absolute Gasteiger partial charge is 0.459 e. The van der Waals surface area contributed by atoms with E-state index in [0.717, 1.165) is 0 Å². The molecule has 1 aliphatic rings. The third kappa shape index (κ3) is 4.03. The number of hydrogen-bond donors (Lipinski definition) is 1. The van der Waals surface area contributed by atoms with E-state index in [1.54, 1.807) is 17.0 Å². The average Bonchev–Trinajstić information content (AvgIpc) is 3.29.